The maximum atomic E-state index is 5.46. The van der Waals surface area contributed by atoms with Gasteiger partial charge in [-0.25, -0.2) is 4.98 Å². The van der Waals surface area contributed by atoms with Crippen molar-refractivity contribution in [2.24, 2.45) is 0 Å². The summed E-state index contributed by atoms with van der Waals surface area (Å²) in [4.78, 5) is 9.16. The average Bonchev–Trinajstić information content (AvgIpc) is 3.04. The molecule has 3 rings (SSSR count). The van der Waals surface area contributed by atoms with Crippen LogP contribution in [0.2, 0.25) is 0 Å². The highest BCUT2D eigenvalue weighted by atomic mass is 16.5. The highest BCUT2D eigenvalue weighted by molar-refractivity contribution is 5.95. The van der Waals surface area contributed by atoms with Gasteiger partial charge in [0.25, 0.3) is 0 Å². The number of aromatic nitrogens is 2. The van der Waals surface area contributed by atoms with Crippen LogP contribution in [0.15, 0.2) is 41.0 Å². The van der Waals surface area contributed by atoms with E-state index in [9.17, 15) is 0 Å². The Morgan fingerprint density at radius 3 is 2.74 bits per heavy atom. The zero-order valence-electron chi connectivity index (χ0n) is 13.5. The molecule has 0 spiro atoms. The molecule has 2 heterocycles. The maximum Gasteiger partial charge on any atom is 0.225 e. The minimum Gasteiger partial charge on any atom is -0.496 e. The number of methoxy groups -OCH3 is 1. The van der Waals surface area contributed by atoms with Crippen molar-refractivity contribution in [3.63, 3.8) is 0 Å². The molecule has 6 heteroatoms. The van der Waals surface area contributed by atoms with E-state index in [1.807, 2.05) is 30.3 Å². The zero-order chi connectivity index (χ0) is 16.2. The van der Waals surface area contributed by atoms with Crippen LogP contribution in [0.5, 0.6) is 5.75 Å². The molecule has 6 nitrogen and oxygen atoms in total. The lowest BCUT2D eigenvalue weighted by Gasteiger charge is -2.14. The maximum absolute atomic E-state index is 5.46. The first-order valence-corrected chi connectivity index (χ1v) is 7.55. The molecule has 1 aromatic carbocycles. The summed E-state index contributed by atoms with van der Waals surface area (Å²) in [6.45, 7) is 4.64. The highest BCUT2D eigenvalue weighted by Gasteiger charge is 2.13. The largest absolute Gasteiger partial charge is 0.496 e. The van der Waals surface area contributed by atoms with Gasteiger partial charge in [-0.15, -0.1) is 0 Å². The van der Waals surface area contributed by atoms with E-state index < -0.39 is 0 Å². The Bertz CT molecular complexity index is 785. The van der Waals surface area contributed by atoms with Crippen LogP contribution in [0.25, 0.3) is 10.9 Å². The van der Waals surface area contributed by atoms with Gasteiger partial charge < -0.3 is 19.8 Å². The fourth-order valence-corrected chi connectivity index (χ4v) is 2.36. The Labute approximate surface area is 134 Å². The number of furan rings is 1. The quantitative estimate of drug-likeness (QED) is 0.723. The summed E-state index contributed by atoms with van der Waals surface area (Å²) >= 11 is 0. The summed E-state index contributed by atoms with van der Waals surface area (Å²) in [5.41, 5.74) is 0.824. The van der Waals surface area contributed by atoms with Crippen molar-refractivity contribution < 1.29 is 9.15 Å². The molecule has 120 valence electrons. The molecule has 0 aliphatic rings. The molecule has 0 aliphatic carbocycles. The molecule has 0 atom stereocenters. The fraction of sp³-hybridized carbons (Fsp3) is 0.294. The van der Waals surface area contributed by atoms with Gasteiger partial charge in [0.2, 0.25) is 5.95 Å². The molecule has 0 radical (unpaired) electrons. The normalized spacial score (nSPS) is 11.0. The van der Waals surface area contributed by atoms with Gasteiger partial charge in [0.05, 0.1) is 30.8 Å². The van der Waals surface area contributed by atoms with Crippen LogP contribution in [-0.2, 0) is 6.54 Å². The Morgan fingerprint density at radius 1 is 1.17 bits per heavy atom. The number of anilines is 2. The number of rotatable bonds is 6. The van der Waals surface area contributed by atoms with E-state index in [1.165, 1.54) is 0 Å². The third kappa shape index (κ3) is 3.36. The molecule has 0 amide bonds. The van der Waals surface area contributed by atoms with Crippen molar-refractivity contribution in [1.29, 1.82) is 0 Å². The predicted octanol–water partition coefficient (Wildman–Crippen LogP) is 3.66. The standard InChI is InChI=1S/C17H20N4O2/c1-11(2)19-17-20-13-7-4-8-14(22-3)15(13)16(21-17)18-10-12-6-5-9-23-12/h4-9,11H,10H2,1-3H3,(H2,18,19,20,21). The van der Waals surface area contributed by atoms with Gasteiger partial charge in [-0.05, 0) is 38.1 Å². The number of nitrogens with zero attached hydrogens (tertiary/aromatic N) is 2. The van der Waals surface area contributed by atoms with Crippen LogP contribution in [0.4, 0.5) is 11.8 Å². The van der Waals surface area contributed by atoms with Crippen LogP contribution in [-0.4, -0.2) is 23.1 Å². The number of hydrogen-bond acceptors (Lipinski definition) is 6. The third-order valence-corrected chi connectivity index (χ3v) is 3.33. The number of ether oxygens (including phenoxy) is 1. The van der Waals surface area contributed by atoms with Crippen molar-refractivity contribution in [2.45, 2.75) is 26.4 Å². The minimum absolute atomic E-state index is 0.246. The van der Waals surface area contributed by atoms with Crippen LogP contribution in [0, 0.1) is 0 Å². The Kier molecular flexibility index (Phi) is 4.32. The van der Waals surface area contributed by atoms with Gasteiger partial charge in [0, 0.05) is 6.04 Å². The second kappa shape index (κ2) is 6.56. The lowest BCUT2D eigenvalue weighted by atomic mass is 10.2. The Morgan fingerprint density at radius 2 is 2.04 bits per heavy atom. The van der Waals surface area contributed by atoms with E-state index in [2.05, 4.69) is 34.4 Å². The smallest absolute Gasteiger partial charge is 0.225 e. The van der Waals surface area contributed by atoms with E-state index >= 15 is 0 Å². The fourth-order valence-electron chi connectivity index (χ4n) is 2.36. The first-order valence-electron chi connectivity index (χ1n) is 7.55. The summed E-state index contributed by atoms with van der Waals surface area (Å²) < 4.78 is 10.8. The van der Waals surface area contributed by atoms with Crippen molar-refractivity contribution in [1.82, 2.24) is 9.97 Å². The minimum atomic E-state index is 0.246. The Balaban J connectivity index is 2.03. The molecule has 3 aromatic rings. The molecule has 0 saturated carbocycles. The van der Waals surface area contributed by atoms with Gasteiger partial charge in [0.1, 0.15) is 17.3 Å². The van der Waals surface area contributed by atoms with Crippen LogP contribution in [0.1, 0.15) is 19.6 Å². The van der Waals surface area contributed by atoms with E-state index in [0.29, 0.717) is 18.3 Å². The summed E-state index contributed by atoms with van der Waals surface area (Å²) in [6.07, 6.45) is 1.65. The highest BCUT2D eigenvalue weighted by Crippen LogP contribution is 2.31. The van der Waals surface area contributed by atoms with Crippen molar-refractivity contribution in [3.8, 4) is 5.75 Å². The Hall–Kier alpha value is -2.76. The number of nitrogens with one attached hydrogen (secondary N) is 2. The molecular formula is C17H20N4O2. The molecule has 0 bridgehead atoms. The third-order valence-electron chi connectivity index (χ3n) is 3.33. The SMILES string of the molecule is COc1cccc2nc(NC(C)C)nc(NCc3ccco3)c12. The first-order chi connectivity index (χ1) is 11.2. The molecular weight excluding hydrogens is 292 g/mol. The lowest BCUT2D eigenvalue weighted by Crippen LogP contribution is -2.14. The van der Waals surface area contributed by atoms with E-state index in [4.69, 9.17) is 9.15 Å². The predicted molar refractivity (Wildman–Crippen MR) is 90.9 cm³/mol. The van der Waals surface area contributed by atoms with Gasteiger partial charge in [-0.1, -0.05) is 6.07 Å². The number of fused-ring (bicyclic) bond motifs is 1. The van der Waals surface area contributed by atoms with Crippen molar-refractivity contribution in [3.05, 3.63) is 42.4 Å². The lowest BCUT2D eigenvalue weighted by molar-refractivity contribution is 0.419. The molecule has 2 N–H and O–H groups in total. The van der Waals surface area contributed by atoms with Gasteiger partial charge in [-0.3, -0.25) is 0 Å². The van der Waals surface area contributed by atoms with Crippen LogP contribution in [0.3, 0.4) is 0 Å². The van der Waals surface area contributed by atoms with E-state index in [-0.39, 0.29) is 6.04 Å². The molecule has 0 aliphatic heterocycles. The second-order valence-corrected chi connectivity index (χ2v) is 5.48. The monoisotopic (exact) mass is 312 g/mol. The summed E-state index contributed by atoms with van der Waals surface area (Å²) in [5.74, 6) is 2.88. The zero-order valence-corrected chi connectivity index (χ0v) is 13.5. The molecule has 2 aromatic heterocycles. The topological polar surface area (TPSA) is 72.2 Å². The molecule has 0 unspecified atom stereocenters. The molecule has 0 fully saturated rings. The summed E-state index contributed by atoms with van der Waals surface area (Å²) in [6, 6.07) is 9.80. The second-order valence-electron chi connectivity index (χ2n) is 5.48. The van der Waals surface area contributed by atoms with Gasteiger partial charge in [-0.2, -0.15) is 4.98 Å². The van der Waals surface area contributed by atoms with Crippen LogP contribution < -0.4 is 15.4 Å². The molecule has 0 saturated heterocycles. The first kappa shape index (κ1) is 15.1. The average molecular weight is 312 g/mol. The summed E-state index contributed by atoms with van der Waals surface area (Å²) in [7, 11) is 1.64. The molecule has 23 heavy (non-hydrogen) atoms. The van der Waals surface area contributed by atoms with Crippen molar-refractivity contribution >= 4 is 22.7 Å². The van der Waals surface area contributed by atoms with Crippen LogP contribution >= 0.6 is 0 Å². The van der Waals surface area contributed by atoms with E-state index in [1.54, 1.807) is 13.4 Å². The van der Waals surface area contributed by atoms with Gasteiger partial charge in [0.15, 0.2) is 0 Å². The number of benzene rings is 1. The van der Waals surface area contributed by atoms with Crippen molar-refractivity contribution in [2.75, 3.05) is 17.7 Å². The summed E-state index contributed by atoms with van der Waals surface area (Å²) in [5, 5.41) is 7.41. The number of hydrogen-bond donors (Lipinski definition) is 2. The van der Waals surface area contributed by atoms with Gasteiger partial charge >= 0.3 is 0 Å². The van der Waals surface area contributed by atoms with E-state index in [0.717, 1.165) is 22.4 Å².